The Balaban J connectivity index is 1.59. The predicted octanol–water partition coefficient (Wildman–Crippen LogP) is 2.35. The second-order valence-corrected chi connectivity index (χ2v) is 7.89. The molecule has 6 nitrogen and oxygen atoms in total. The zero-order valence-corrected chi connectivity index (χ0v) is 16.0. The molecule has 27 heavy (non-hydrogen) atoms. The molecule has 2 aliphatic rings. The normalized spacial score (nSPS) is 25.0. The number of carbonyl (C=O) groups excluding carboxylic acids is 1. The van der Waals surface area contributed by atoms with E-state index in [4.69, 9.17) is 0 Å². The van der Waals surface area contributed by atoms with Gasteiger partial charge in [-0.2, -0.15) is 5.10 Å². The lowest BCUT2D eigenvalue weighted by molar-refractivity contribution is 0.151. The number of fused-ring (bicyclic) bond motifs is 1. The fraction of sp³-hybridized carbons (Fsp3) is 0.500. The van der Waals surface area contributed by atoms with Gasteiger partial charge in [-0.15, -0.1) is 0 Å². The smallest absolute Gasteiger partial charge is 0.320 e. The van der Waals surface area contributed by atoms with E-state index in [0.29, 0.717) is 18.4 Å². The Morgan fingerprint density at radius 2 is 2.07 bits per heavy atom. The minimum atomic E-state index is -0.252. The van der Waals surface area contributed by atoms with Crippen LogP contribution in [-0.4, -0.2) is 64.2 Å². The van der Waals surface area contributed by atoms with Crippen molar-refractivity contribution >= 4 is 6.03 Å². The summed E-state index contributed by atoms with van der Waals surface area (Å²) in [7, 11) is 5.50. The van der Waals surface area contributed by atoms with Crippen LogP contribution >= 0.6 is 0 Å². The highest BCUT2D eigenvalue weighted by Crippen LogP contribution is 2.45. The third-order valence-electron chi connectivity index (χ3n) is 5.87. The largest absolute Gasteiger partial charge is 0.331 e. The quantitative estimate of drug-likeness (QED) is 0.832. The highest BCUT2D eigenvalue weighted by atomic mass is 19.1. The Hall–Kier alpha value is -2.41. The Morgan fingerprint density at radius 3 is 2.74 bits per heavy atom. The number of carbonyl (C=O) groups is 1. The zero-order valence-electron chi connectivity index (χ0n) is 16.0. The molecule has 0 radical (unpaired) electrons. The number of amides is 2. The zero-order chi connectivity index (χ0) is 19.1. The molecule has 0 unspecified atom stereocenters. The van der Waals surface area contributed by atoms with Crippen LogP contribution in [0.1, 0.15) is 17.3 Å². The molecule has 4 rings (SSSR count). The number of hydrogen-bond acceptors (Lipinski definition) is 3. The molecular weight excluding hydrogens is 345 g/mol. The molecule has 144 valence electrons. The molecule has 2 aromatic rings. The summed E-state index contributed by atoms with van der Waals surface area (Å²) >= 11 is 0. The van der Waals surface area contributed by atoms with Gasteiger partial charge in [0.1, 0.15) is 5.82 Å². The van der Waals surface area contributed by atoms with Crippen molar-refractivity contribution in [3.63, 3.8) is 0 Å². The van der Waals surface area contributed by atoms with Crippen LogP contribution in [0, 0.1) is 17.7 Å². The molecule has 0 aliphatic carbocycles. The molecule has 2 fully saturated rings. The minimum absolute atomic E-state index is 0.00292. The molecule has 2 amide bonds. The van der Waals surface area contributed by atoms with E-state index in [9.17, 15) is 9.18 Å². The highest BCUT2D eigenvalue weighted by Gasteiger charge is 2.49. The lowest BCUT2D eigenvalue weighted by atomic mass is 9.89. The Kier molecular flexibility index (Phi) is 4.63. The molecule has 3 heterocycles. The van der Waals surface area contributed by atoms with Gasteiger partial charge in [0.2, 0.25) is 0 Å². The molecular formula is C20H26FN5O. The van der Waals surface area contributed by atoms with Gasteiger partial charge in [-0.25, -0.2) is 9.18 Å². The number of hydrogen-bond donors (Lipinski definition) is 0. The number of aryl methyl sites for hydroxylation is 1. The first-order valence-corrected chi connectivity index (χ1v) is 9.36. The van der Waals surface area contributed by atoms with Crippen LogP contribution in [0.25, 0.3) is 0 Å². The van der Waals surface area contributed by atoms with Gasteiger partial charge in [-0.05, 0) is 29.7 Å². The molecule has 2 aliphatic heterocycles. The second kappa shape index (κ2) is 6.96. The average Bonchev–Trinajstić information content (AvgIpc) is 3.29. The van der Waals surface area contributed by atoms with E-state index < -0.39 is 0 Å². The van der Waals surface area contributed by atoms with Gasteiger partial charge in [-0.1, -0.05) is 12.1 Å². The Morgan fingerprint density at radius 1 is 1.26 bits per heavy atom. The number of nitrogens with zero attached hydrogens (tertiary/aromatic N) is 5. The third kappa shape index (κ3) is 3.32. The highest BCUT2D eigenvalue weighted by molar-refractivity contribution is 5.75. The van der Waals surface area contributed by atoms with E-state index >= 15 is 0 Å². The number of halogens is 1. The van der Waals surface area contributed by atoms with Crippen LogP contribution in [0.3, 0.4) is 0 Å². The monoisotopic (exact) mass is 371 g/mol. The summed E-state index contributed by atoms with van der Waals surface area (Å²) < 4.78 is 15.8. The van der Waals surface area contributed by atoms with Gasteiger partial charge in [0.25, 0.3) is 0 Å². The lowest BCUT2D eigenvalue weighted by Crippen LogP contribution is -2.41. The molecule has 3 atom stereocenters. The molecule has 1 aromatic heterocycles. The van der Waals surface area contributed by atoms with E-state index in [-0.39, 0.29) is 17.9 Å². The summed E-state index contributed by atoms with van der Waals surface area (Å²) in [6.45, 7) is 3.40. The molecule has 0 spiro atoms. The van der Waals surface area contributed by atoms with Crippen LogP contribution in [-0.2, 0) is 13.6 Å². The van der Waals surface area contributed by atoms with Crippen molar-refractivity contribution in [2.75, 3.05) is 33.7 Å². The van der Waals surface area contributed by atoms with Crippen molar-refractivity contribution in [3.8, 4) is 0 Å². The standard InChI is InChI=1S/C20H26FN5O/c1-23(2)20(27)26-11-15-10-25(12-17-7-8-22-24(17)3)13-18(15)19(26)14-5-4-6-16(21)9-14/h4-9,15,18-19H,10-13H2,1-3H3/t15-,18-,19+/m1/s1. The molecule has 0 saturated carbocycles. The van der Waals surface area contributed by atoms with E-state index in [0.717, 1.165) is 25.2 Å². The first kappa shape index (κ1) is 18.0. The van der Waals surface area contributed by atoms with Crippen LogP contribution < -0.4 is 0 Å². The van der Waals surface area contributed by atoms with Gasteiger partial charge >= 0.3 is 6.03 Å². The molecule has 0 N–H and O–H groups in total. The van der Waals surface area contributed by atoms with Gasteiger partial charge in [0.05, 0.1) is 11.7 Å². The van der Waals surface area contributed by atoms with E-state index in [1.807, 2.05) is 35.0 Å². The Bertz CT molecular complexity index is 835. The van der Waals surface area contributed by atoms with Gasteiger partial charge in [0.15, 0.2) is 0 Å². The third-order valence-corrected chi connectivity index (χ3v) is 5.87. The maximum Gasteiger partial charge on any atom is 0.320 e. The maximum absolute atomic E-state index is 13.9. The molecule has 7 heteroatoms. The minimum Gasteiger partial charge on any atom is -0.331 e. The summed E-state index contributed by atoms with van der Waals surface area (Å²) in [6, 6.07) is 8.66. The van der Waals surface area contributed by atoms with Crippen LogP contribution in [0.4, 0.5) is 9.18 Å². The number of rotatable bonds is 3. The summed E-state index contributed by atoms with van der Waals surface area (Å²) in [5.74, 6) is 0.456. The summed E-state index contributed by atoms with van der Waals surface area (Å²) in [5.41, 5.74) is 2.07. The second-order valence-electron chi connectivity index (χ2n) is 7.89. The SMILES string of the molecule is CN(C)C(=O)N1C[C@H]2CN(Cc3ccnn3C)C[C@H]2[C@@H]1c1cccc(F)c1. The van der Waals surface area contributed by atoms with E-state index in [2.05, 4.69) is 10.00 Å². The topological polar surface area (TPSA) is 44.6 Å². The van der Waals surface area contributed by atoms with Crippen molar-refractivity contribution in [2.24, 2.45) is 18.9 Å². The fourth-order valence-electron chi connectivity index (χ4n) is 4.62. The maximum atomic E-state index is 13.9. The fourth-order valence-corrected chi connectivity index (χ4v) is 4.62. The first-order chi connectivity index (χ1) is 12.9. The summed E-state index contributed by atoms with van der Waals surface area (Å²) in [5, 5.41) is 4.25. The average molecular weight is 371 g/mol. The first-order valence-electron chi connectivity index (χ1n) is 9.36. The molecule has 1 aromatic carbocycles. The number of benzene rings is 1. The summed E-state index contributed by atoms with van der Waals surface area (Å²) in [4.78, 5) is 18.7. The van der Waals surface area contributed by atoms with Gasteiger partial charge in [-0.3, -0.25) is 9.58 Å². The van der Waals surface area contributed by atoms with Crippen molar-refractivity contribution in [2.45, 2.75) is 12.6 Å². The Labute approximate surface area is 159 Å². The van der Waals surface area contributed by atoms with Crippen molar-refractivity contribution in [1.82, 2.24) is 24.5 Å². The van der Waals surface area contributed by atoms with Crippen LogP contribution in [0.15, 0.2) is 36.5 Å². The van der Waals surface area contributed by atoms with E-state index in [1.54, 1.807) is 31.1 Å². The van der Waals surface area contributed by atoms with Crippen molar-refractivity contribution in [1.29, 1.82) is 0 Å². The molecule has 2 saturated heterocycles. The molecule has 0 bridgehead atoms. The predicted molar refractivity (Wildman–Crippen MR) is 100 cm³/mol. The van der Waals surface area contributed by atoms with E-state index in [1.165, 1.54) is 11.8 Å². The van der Waals surface area contributed by atoms with Crippen LogP contribution in [0.2, 0.25) is 0 Å². The lowest BCUT2D eigenvalue weighted by Gasteiger charge is -2.31. The van der Waals surface area contributed by atoms with Gasteiger partial charge in [0, 0.05) is 59.4 Å². The number of aromatic nitrogens is 2. The van der Waals surface area contributed by atoms with Gasteiger partial charge < -0.3 is 9.80 Å². The summed E-state index contributed by atoms with van der Waals surface area (Å²) in [6.07, 6.45) is 1.82. The number of urea groups is 1. The number of likely N-dealkylation sites (tertiary alicyclic amines) is 2. The van der Waals surface area contributed by atoms with Crippen LogP contribution in [0.5, 0.6) is 0 Å². The van der Waals surface area contributed by atoms with Crippen molar-refractivity contribution in [3.05, 3.63) is 53.6 Å². The van der Waals surface area contributed by atoms with Crippen molar-refractivity contribution < 1.29 is 9.18 Å².